The molecule has 0 aromatic carbocycles. The molecule has 1 saturated heterocycles. The Morgan fingerprint density at radius 2 is 2.15 bits per heavy atom. The summed E-state index contributed by atoms with van der Waals surface area (Å²) < 4.78 is 1.79. The maximum absolute atomic E-state index is 4.24. The molecule has 1 aliphatic heterocycles. The lowest BCUT2D eigenvalue weighted by Gasteiger charge is -2.45. The Hall–Kier alpha value is -0.940. The summed E-state index contributed by atoms with van der Waals surface area (Å²) in [5.74, 6) is 0. The van der Waals surface area contributed by atoms with Gasteiger partial charge in [0.15, 0.2) is 0 Å². The van der Waals surface area contributed by atoms with E-state index in [4.69, 9.17) is 0 Å². The molecule has 2 atom stereocenters. The summed E-state index contributed by atoms with van der Waals surface area (Å²) in [6, 6.07) is 1.15. The number of hydrogen-bond donors (Lipinski definition) is 1. The van der Waals surface area contributed by atoms with Gasteiger partial charge in [-0.1, -0.05) is 39.3 Å². The van der Waals surface area contributed by atoms with Crippen LogP contribution in [0.2, 0.25) is 0 Å². The van der Waals surface area contributed by atoms with E-state index in [0.717, 1.165) is 25.3 Å². The fourth-order valence-corrected chi connectivity index (χ4v) is 2.92. The molecule has 1 N–H and O–H groups in total. The summed E-state index contributed by atoms with van der Waals surface area (Å²) in [5, 5.41) is 12.0. The Labute approximate surface area is 122 Å². The number of nitrogens with one attached hydrogen (secondary N) is 1. The highest BCUT2D eigenvalue weighted by Crippen LogP contribution is 2.25. The van der Waals surface area contributed by atoms with E-state index in [9.17, 15) is 0 Å². The van der Waals surface area contributed by atoms with Crippen LogP contribution >= 0.6 is 0 Å². The van der Waals surface area contributed by atoms with E-state index >= 15 is 0 Å². The highest BCUT2D eigenvalue weighted by molar-refractivity contribution is 4.97. The van der Waals surface area contributed by atoms with Crippen LogP contribution in [0, 0.1) is 5.41 Å². The van der Waals surface area contributed by atoms with E-state index in [-0.39, 0.29) is 5.41 Å². The first-order chi connectivity index (χ1) is 9.40. The molecule has 0 saturated carbocycles. The molecule has 0 radical (unpaired) electrons. The van der Waals surface area contributed by atoms with Crippen molar-refractivity contribution in [1.29, 1.82) is 0 Å². The second kappa shape index (κ2) is 6.22. The topological polar surface area (TPSA) is 46.0 Å². The van der Waals surface area contributed by atoms with E-state index in [1.165, 1.54) is 12.8 Å². The third-order valence-corrected chi connectivity index (χ3v) is 4.22. The number of hydrogen-bond acceptors (Lipinski definition) is 4. The summed E-state index contributed by atoms with van der Waals surface area (Å²) in [4.78, 5) is 2.58. The zero-order chi connectivity index (χ0) is 14.8. The molecule has 0 amide bonds. The van der Waals surface area contributed by atoms with Crippen molar-refractivity contribution in [2.45, 2.75) is 59.2 Å². The van der Waals surface area contributed by atoms with Gasteiger partial charge in [0.2, 0.25) is 0 Å². The number of piperazine rings is 1. The van der Waals surface area contributed by atoms with E-state index < -0.39 is 0 Å². The third kappa shape index (κ3) is 3.79. The van der Waals surface area contributed by atoms with E-state index in [1.54, 1.807) is 4.68 Å². The lowest BCUT2D eigenvalue weighted by Crippen LogP contribution is -2.59. The van der Waals surface area contributed by atoms with Crippen molar-refractivity contribution in [2.75, 3.05) is 13.1 Å². The van der Waals surface area contributed by atoms with Crippen LogP contribution in [0.4, 0.5) is 0 Å². The van der Waals surface area contributed by atoms with Gasteiger partial charge in [-0.15, -0.1) is 5.10 Å². The minimum Gasteiger partial charge on any atom is -0.311 e. The average Bonchev–Trinajstić information content (AvgIpc) is 2.76. The monoisotopic (exact) mass is 279 g/mol. The molecule has 5 nitrogen and oxygen atoms in total. The van der Waals surface area contributed by atoms with Gasteiger partial charge in [0.05, 0.1) is 5.69 Å². The summed E-state index contributed by atoms with van der Waals surface area (Å²) in [6.45, 7) is 12.3. The van der Waals surface area contributed by atoms with Crippen LogP contribution in [-0.4, -0.2) is 45.1 Å². The lowest BCUT2D eigenvalue weighted by molar-refractivity contribution is 0.0738. The highest BCUT2D eigenvalue weighted by atomic mass is 15.4. The first-order valence-corrected chi connectivity index (χ1v) is 7.72. The fraction of sp³-hybridized carbons (Fsp3) is 0.867. The van der Waals surface area contributed by atoms with Gasteiger partial charge in [0, 0.05) is 45.0 Å². The molecule has 0 bridgehead atoms. The summed E-state index contributed by atoms with van der Waals surface area (Å²) in [6.07, 6.45) is 4.49. The molecular formula is C15H29N5. The Morgan fingerprint density at radius 1 is 1.40 bits per heavy atom. The van der Waals surface area contributed by atoms with E-state index in [0.29, 0.717) is 12.1 Å². The normalized spacial score (nSPS) is 25.1. The molecule has 2 rings (SSSR count). The Kier molecular flexibility index (Phi) is 4.81. The van der Waals surface area contributed by atoms with E-state index in [2.05, 4.69) is 48.2 Å². The fourth-order valence-electron chi connectivity index (χ4n) is 2.92. The van der Waals surface area contributed by atoms with E-state index in [1.807, 2.05) is 13.2 Å². The molecule has 0 spiro atoms. The average molecular weight is 279 g/mol. The number of aromatic nitrogens is 3. The summed E-state index contributed by atoms with van der Waals surface area (Å²) in [5.41, 5.74) is 1.36. The minimum absolute atomic E-state index is 0.289. The maximum atomic E-state index is 4.24. The van der Waals surface area contributed by atoms with Crippen LogP contribution in [-0.2, 0) is 13.6 Å². The third-order valence-electron chi connectivity index (χ3n) is 4.22. The summed E-state index contributed by atoms with van der Waals surface area (Å²) in [7, 11) is 1.93. The molecule has 1 aromatic heterocycles. The molecule has 1 aliphatic rings. The van der Waals surface area contributed by atoms with Crippen molar-refractivity contribution in [2.24, 2.45) is 12.5 Å². The molecule has 1 fully saturated rings. The number of nitrogens with zero attached hydrogens (tertiary/aromatic N) is 4. The van der Waals surface area contributed by atoms with Crippen molar-refractivity contribution in [3.05, 3.63) is 11.9 Å². The SMILES string of the molecule is CCCC1CNC(C(C)(C)C)CN1Cc1cn(C)nn1. The Morgan fingerprint density at radius 3 is 2.70 bits per heavy atom. The van der Waals surface area contributed by atoms with Crippen molar-refractivity contribution in [1.82, 2.24) is 25.2 Å². The van der Waals surface area contributed by atoms with Gasteiger partial charge >= 0.3 is 0 Å². The number of rotatable bonds is 4. The van der Waals surface area contributed by atoms with Crippen LogP contribution in [0.15, 0.2) is 6.20 Å². The van der Waals surface area contributed by atoms with Gasteiger partial charge in [-0.25, -0.2) is 0 Å². The first-order valence-electron chi connectivity index (χ1n) is 7.72. The molecule has 0 aliphatic carbocycles. The maximum Gasteiger partial charge on any atom is 0.0967 e. The van der Waals surface area contributed by atoms with Crippen molar-refractivity contribution in [3.63, 3.8) is 0 Å². The Balaban J connectivity index is 2.06. The second-order valence-electron chi connectivity index (χ2n) is 7.08. The van der Waals surface area contributed by atoms with Gasteiger partial charge in [-0.05, 0) is 11.8 Å². The zero-order valence-corrected chi connectivity index (χ0v) is 13.6. The summed E-state index contributed by atoms with van der Waals surface area (Å²) >= 11 is 0. The highest BCUT2D eigenvalue weighted by Gasteiger charge is 2.33. The van der Waals surface area contributed by atoms with Crippen LogP contribution < -0.4 is 5.32 Å². The van der Waals surface area contributed by atoms with Crippen molar-refractivity contribution in [3.8, 4) is 0 Å². The first kappa shape index (κ1) is 15.4. The van der Waals surface area contributed by atoms with Gasteiger partial charge in [0.1, 0.15) is 0 Å². The minimum atomic E-state index is 0.289. The largest absolute Gasteiger partial charge is 0.311 e. The lowest BCUT2D eigenvalue weighted by atomic mass is 9.84. The predicted octanol–water partition coefficient (Wildman–Crippen LogP) is 1.80. The van der Waals surface area contributed by atoms with Gasteiger partial charge in [0.25, 0.3) is 0 Å². The standard InChI is InChI=1S/C15H29N5/c1-6-7-13-8-16-14(15(2,3)4)11-20(13)10-12-9-19(5)18-17-12/h9,13-14,16H,6-8,10-11H2,1-5H3. The molecule has 2 heterocycles. The Bertz CT molecular complexity index is 420. The van der Waals surface area contributed by atoms with Gasteiger partial charge in [-0.3, -0.25) is 9.58 Å². The molecule has 5 heteroatoms. The molecule has 114 valence electrons. The van der Waals surface area contributed by atoms with Crippen LogP contribution in [0.25, 0.3) is 0 Å². The molecular weight excluding hydrogens is 250 g/mol. The van der Waals surface area contributed by atoms with Crippen molar-refractivity contribution >= 4 is 0 Å². The molecule has 2 unspecified atom stereocenters. The zero-order valence-electron chi connectivity index (χ0n) is 13.6. The van der Waals surface area contributed by atoms with Crippen LogP contribution in [0.1, 0.15) is 46.2 Å². The second-order valence-corrected chi connectivity index (χ2v) is 7.08. The van der Waals surface area contributed by atoms with Crippen LogP contribution in [0.3, 0.4) is 0 Å². The van der Waals surface area contributed by atoms with Crippen LogP contribution in [0.5, 0.6) is 0 Å². The molecule has 1 aromatic rings. The quantitative estimate of drug-likeness (QED) is 0.913. The predicted molar refractivity (Wildman–Crippen MR) is 81.4 cm³/mol. The smallest absolute Gasteiger partial charge is 0.0967 e. The molecule has 20 heavy (non-hydrogen) atoms. The van der Waals surface area contributed by atoms with Gasteiger partial charge in [-0.2, -0.15) is 0 Å². The van der Waals surface area contributed by atoms with Gasteiger partial charge < -0.3 is 5.32 Å². The van der Waals surface area contributed by atoms with Crippen molar-refractivity contribution < 1.29 is 0 Å². The number of aryl methyl sites for hydroxylation is 1.